The van der Waals surface area contributed by atoms with Gasteiger partial charge >= 0.3 is 0 Å². The summed E-state index contributed by atoms with van der Waals surface area (Å²) >= 11 is 0. The Morgan fingerprint density at radius 2 is 1.81 bits per heavy atom. The summed E-state index contributed by atoms with van der Waals surface area (Å²) in [4.78, 5) is 4.11. The lowest BCUT2D eigenvalue weighted by Gasteiger charge is -2.06. The highest BCUT2D eigenvalue weighted by Gasteiger charge is 2.14. The van der Waals surface area contributed by atoms with Gasteiger partial charge in [-0.05, 0) is 19.4 Å². The van der Waals surface area contributed by atoms with E-state index in [1.165, 1.54) is 5.56 Å². The van der Waals surface area contributed by atoms with Crippen LogP contribution in [0.3, 0.4) is 0 Å². The summed E-state index contributed by atoms with van der Waals surface area (Å²) < 4.78 is 5.02. The molecule has 1 atom stereocenters. The SMILES string of the molecule is Cc1ccc(C(N)c2nc(C)no2)cc1.Cl. The topological polar surface area (TPSA) is 64.9 Å². The van der Waals surface area contributed by atoms with Crippen LogP contribution in [-0.4, -0.2) is 10.1 Å². The molecule has 0 saturated carbocycles. The van der Waals surface area contributed by atoms with Crippen LogP contribution < -0.4 is 5.73 Å². The van der Waals surface area contributed by atoms with E-state index in [1.807, 2.05) is 31.2 Å². The number of rotatable bonds is 2. The number of halogens is 1. The summed E-state index contributed by atoms with van der Waals surface area (Å²) in [5.41, 5.74) is 8.16. The molecule has 0 bridgehead atoms. The zero-order valence-electron chi connectivity index (χ0n) is 9.18. The Kier molecular flexibility index (Phi) is 4.04. The number of aromatic nitrogens is 2. The lowest BCUT2D eigenvalue weighted by Crippen LogP contribution is -2.12. The molecule has 1 aromatic carbocycles. The van der Waals surface area contributed by atoms with E-state index < -0.39 is 0 Å². The van der Waals surface area contributed by atoms with Crippen molar-refractivity contribution in [2.24, 2.45) is 5.73 Å². The first-order valence-electron chi connectivity index (χ1n) is 4.79. The van der Waals surface area contributed by atoms with Crippen LogP contribution >= 0.6 is 12.4 Å². The third kappa shape index (κ3) is 2.59. The molecule has 86 valence electrons. The summed E-state index contributed by atoms with van der Waals surface area (Å²) in [6.45, 7) is 3.81. The largest absolute Gasteiger partial charge is 0.337 e. The first-order valence-corrected chi connectivity index (χ1v) is 4.79. The van der Waals surface area contributed by atoms with E-state index >= 15 is 0 Å². The maximum atomic E-state index is 5.98. The highest BCUT2D eigenvalue weighted by Crippen LogP contribution is 2.17. The molecule has 0 saturated heterocycles. The standard InChI is InChI=1S/C11H13N3O.ClH/c1-7-3-5-9(6-4-7)10(12)11-13-8(2)14-15-11;/h3-6,10H,12H2,1-2H3;1H. The van der Waals surface area contributed by atoms with Gasteiger partial charge in [0.1, 0.15) is 6.04 Å². The molecule has 1 unspecified atom stereocenters. The quantitative estimate of drug-likeness (QED) is 0.872. The normalized spacial score (nSPS) is 11.9. The fourth-order valence-corrected chi connectivity index (χ4v) is 1.36. The number of nitrogens with zero attached hydrogens (tertiary/aromatic N) is 2. The van der Waals surface area contributed by atoms with E-state index in [-0.39, 0.29) is 18.4 Å². The summed E-state index contributed by atoms with van der Waals surface area (Å²) in [5.74, 6) is 1.06. The lowest BCUT2D eigenvalue weighted by molar-refractivity contribution is 0.364. The number of nitrogens with two attached hydrogens (primary N) is 1. The van der Waals surface area contributed by atoms with Gasteiger partial charge in [-0.3, -0.25) is 0 Å². The molecule has 0 aliphatic carbocycles. The fourth-order valence-electron chi connectivity index (χ4n) is 1.36. The molecule has 4 nitrogen and oxygen atoms in total. The molecule has 0 fully saturated rings. The number of aryl methyl sites for hydroxylation is 2. The minimum absolute atomic E-state index is 0. The molecule has 0 aliphatic heterocycles. The molecule has 0 amide bonds. The zero-order chi connectivity index (χ0) is 10.8. The van der Waals surface area contributed by atoms with Gasteiger partial charge in [-0.1, -0.05) is 35.0 Å². The van der Waals surface area contributed by atoms with Crippen molar-refractivity contribution in [3.8, 4) is 0 Å². The van der Waals surface area contributed by atoms with E-state index in [1.54, 1.807) is 6.92 Å². The Labute approximate surface area is 100 Å². The van der Waals surface area contributed by atoms with Crippen LogP contribution in [0.4, 0.5) is 0 Å². The molecule has 2 aromatic rings. The van der Waals surface area contributed by atoms with Crippen molar-refractivity contribution < 1.29 is 4.52 Å². The molecule has 2 N–H and O–H groups in total. The Bertz CT molecular complexity index is 453. The van der Waals surface area contributed by atoms with Crippen molar-refractivity contribution in [2.75, 3.05) is 0 Å². The first-order chi connectivity index (χ1) is 7.16. The summed E-state index contributed by atoms with van der Waals surface area (Å²) in [5, 5.41) is 3.71. The highest BCUT2D eigenvalue weighted by molar-refractivity contribution is 5.85. The second-order valence-corrected chi connectivity index (χ2v) is 3.57. The van der Waals surface area contributed by atoms with Crippen LogP contribution in [0.1, 0.15) is 28.9 Å². The minimum atomic E-state index is -0.341. The minimum Gasteiger partial charge on any atom is -0.337 e. The van der Waals surface area contributed by atoms with Gasteiger partial charge in [0.2, 0.25) is 5.89 Å². The van der Waals surface area contributed by atoms with Gasteiger partial charge in [-0.2, -0.15) is 4.98 Å². The van der Waals surface area contributed by atoms with E-state index in [0.717, 1.165) is 5.56 Å². The summed E-state index contributed by atoms with van der Waals surface area (Å²) in [6, 6.07) is 7.63. The van der Waals surface area contributed by atoms with Gasteiger partial charge in [0.05, 0.1) is 0 Å². The van der Waals surface area contributed by atoms with Gasteiger partial charge in [0.25, 0.3) is 0 Å². The average molecular weight is 240 g/mol. The molecule has 2 rings (SSSR count). The van der Waals surface area contributed by atoms with E-state index in [0.29, 0.717) is 11.7 Å². The van der Waals surface area contributed by atoms with E-state index in [9.17, 15) is 0 Å². The van der Waals surface area contributed by atoms with Gasteiger partial charge in [0.15, 0.2) is 5.82 Å². The Morgan fingerprint density at radius 1 is 1.19 bits per heavy atom. The van der Waals surface area contributed by atoms with Crippen molar-refractivity contribution in [1.29, 1.82) is 0 Å². The van der Waals surface area contributed by atoms with Crippen molar-refractivity contribution in [1.82, 2.24) is 10.1 Å². The van der Waals surface area contributed by atoms with Gasteiger partial charge < -0.3 is 10.3 Å². The van der Waals surface area contributed by atoms with Crippen LogP contribution in [0.25, 0.3) is 0 Å². The van der Waals surface area contributed by atoms with E-state index in [4.69, 9.17) is 10.3 Å². The number of hydrogen-bond donors (Lipinski definition) is 1. The van der Waals surface area contributed by atoms with Crippen molar-refractivity contribution in [2.45, 2.75) is 19.9 Å². The smallest absolute Gasteiger partial charge is 0.248 e. The van der Waals surface area contributed by atoms with Crippen LogP contribution in [0.2, 0.25) is 0 Å². The number of hydrogen-bond acceptors (Lipinski definition) is 4. The van der Waals surface area contributed by atoms with Crippen LogP contribution in [0, 0.1) is 13.8 Å². The maximum absolute atomic E-state index is 5.98. The van der Waals surface area contributed by atoms with Crippen LogP contribution in [0.15, 0.2) is 28.8 Å². The average Bonchev–Trinajstić information content (AvgIpc) is 2.65. The monoisotopic (exact) mass is 239 g/mol. The van der Waals surface area contributed by atoms with Crippen molar-refractivity contribution in [3.05, 3.63) is 47.1 Å². The predicted octanol–water partition coefficient (Wildman–Crippen LogP) is 2.16. The second-order valence-electron chi connectivity index (χ2n) is 3.57. The van der Waals surface area contributed by atoms with Gasteiger partial charge in [-0.25, -0.2) is 0 Å². The Hall–Kier alpha value is -1.39. The first kappa shape index (κ1) is 12.7. The van der Waals surface area contributed by atoms with E-state index in [2.05, 4.69) is 10.1 Å². The molecule has 1 aromatic heterocycles. The Morgan fingerprint density at radius 3 is 2.31 bits per heavy atom. The molecule has 0 radical (unpaired) electrons. The number of benzene rings is 1. The summed E-state index contributed by atoms with van der Waals surface area (Å²) in [7, 11) is 0. The van der Waals surface area contributed by atoms with Gasteiger partial charge in [0, 0.05) is 0 Å². The molecule has 1 heterocycles. The fraction of sp³-hybridized carbons (Fsp3) is 0.273. The third-order valence-corrected chi connectivity index (χ3v) is 2.25. The molecule has 5 heteroatoms. The van der Waals surface area contributed by atoms with Crippen molar-refractivity contribution in [3.63, 3.8) is 0 Å². The zero-order valence-corrected chi connectivity index (χ0v) is 9.99. The van der Waals surface area contributed by atoms with Crippen molar-refractivity contribution >= 4 is 12.4 Å². The molecular weight excluding hydrogens is 226 g/mol. The second kappa shape index (κ2) is 5.09. The lowest BCUT2D eigenvalue weighted by atomic mass is 10.1. The maximum Gasteiger partial charge on any atom is 0.248 e. The molecule has 0 aliphatic rings. The molecule has 0 spiro atoms. The van der Waals surface area contributed by atoms with Gasteiger partial charge in [-0.15, -0.1) is 12.4 Å². The third-order valence-electron chi connectivity index (χ3n) is 2.25. The molecular formula is C11H14ClN3O. The highest BCUT2D eigenvalue weighted by atomic mass is 35.5. The van der Waals surface area contributed by atoms with Crippen LogP contribution in [-0.2, 0) is 0 Å². The summed E-state index contributed by atoms with van der Waals surface area (Å²) in [6.07, 6.45) is 0. The van der Waals surface area contributed by atoms with Crippen LogP contribution in [0.5, 0.6) is 0 Å². The predicted molar refractivity (Wildman–Crippen MR) is 63.5 cm³/mol. The molecule has 16 heavy (non-hydrogen) atoms. The Balaban J connectivity index is 0.00000128.